The van der Waals surface area contributed by atoms with Gasteiger partial charge in [0.1, 0.15) is 26.2 Å². The van der Waals surface area contributed by atoms with Crippen LogP contribution in [0.1, 0.15) is 78.2 Å². The highest BCUT2D eigenvalue weighted by Crippen LogP contribution is 2.38. The van der Waals surface area contributed by atoms with E-state index in [0.717, 1.165) is 29.6 Å². The Bertz CT molecular complexity index is 1370. The normalized spacial score (nSPS) is 16.6. The highest BCUT2D eigenvalue weighted by molar-refractivity contribution is 7.50. The van der Waals surface area contributed by atoms with Gasteiger partial charge in [0.2, 0.25) is 17.7 Å². The summed E-state index contributed by atoms with van der Waals surface area (Å²) in [4.78, 5) is 62.9. The quantitative estimate of drug-likeness (QED) is 0.0522. The summed E-state index contributed by atoms with van der Waals surface area (Å²) in [6.45, 7) is 8.18. The first-order chi connectivity index (χ1) is 23.4. The van der Waals surface area contributed by atoms with Crippen LogP contribution in [0.4, 0.5) is 10.1 Å². The second-order valence-electron chi connectivity index (χ2n) is 13.0. The lowest BCUT2D eigenvalue weighted by molar-refractivity contribution is -0.137. The molecule has 0 saturated heterocycles. The molecule has 0 aromatic heterocycles. The molecule has 5 amide bonds. The van der Waals surface area contributed by atoms with Crippen molar-refractivity contribution in [3.05, 3.63) is 53.4 Å². The first-order valence-electron chi connectivity index (χ1n) is 17.0. The third-order valence-electron chi connectivity index (χ3n) is 8.23. The summed E-state index contributed by atoms with van der Waals surface area (Å²) in [6, 6.07) is 2.52. The molecule has 1 saturated carbocycles. The minimum atomic E-state index is -0.992. The van der Waals surface area contributed by atoms with E-state index in [1.807, 2.05) is 13.0 Å². The molecule has 1 fully saturated rings. The van der Waals surface area contributed by atoms with Crippen molar-refractivity contribution in [2.24, 2.45) is 11.8 Å². The Morgan fingerprint density at radius 3 is 2.41 bits per heavy atom. The molecule has 14 heteroatoms. The molecule has 3 atom stereocenters. The lowest BCUT2D eigenvalue weighted by atomic mass is 10.0. The fourth-order valence-corrected chi connectivity index (χ4v) is 6.41. The van der Waals surface area contributed by atoms with Gasteiger partial charge < -0.3 is 25.6 Å². The molecule has 1 heterocycles. The number of allylic oxidation sites excluding steroid dienone is 1. The van der Waals surface area contributed by atoms with Gasteiger partial charge in [-0.25, -0.2) is 4.39 Å². The van der Waals surface area contributed by atoms with Crippen LogP contribution in [0.3, 0.4) is 0 Å². The van der Waals surface area contributed by atoms with Gasteiger partial charge in [0, 0.05) is 49.1 Å². The number of imide groups is 1. The van der Waals surface area contributed by atoms with E-state index >= 15 is 4.39 Å². The van der Waals surface area contributed by atoms with Crippen molar-refractivity contribution in [3.63, 3.8) is 0 Å². The molecule has 1 aliphatic heterocycles. The summed E-state index contributed by atoms with van der Waals surface area (Å²) in [5.41, 5.74) is 1.48. The Kier molecular flexibility index (Phi) is 16.5. The standard InChI is InChI=1S/C35H51FN5O7P/c1-23(2)33(40-30(43)10-6-5-7-17-41-31(44)15-16-32(41)45)35(47)38-25(4)34(46)39-28-14-13-27(29(36)19-28)22-48-49(37-20-26-11-12-26)18-8-9-24(3)21-42/h9,13-16,19,23,25-26,33,37,42H,5-8,10-12,17-18,20-22H2,1-4H3,(H,38,47)(H,39,46)(H,40,43)/b24-9+. The van der Waals surface area contributed by atoms with Gasteiger partial charge >= 0.3 is 0 Å². The van der Waals surface area contributed by atoms with E-state index in [-0.39, 0.29) is 49.0 Å². The van der Waals surface area contributed by atoms with Crippen LogP contribution >= 0.6 is 8.30 Å². The largest absolute Gasteiger partial charge is 0.392 e. The maximum absolute atomic E-state index is 15.0. The van der Waals surface area contributed by atoms with E-state index < -0.39 is 38.0 Å². The number of carbonyl (C=O) groups excluding carboxylic acids is 5. The maximum Gasteiger partial charge on any atom is 0.253 e. The van der Waals surface area contributed by atoms with E-state index in [2.05, 4.69) is 21.0 Å². The number of hydrogen-bond acceptors (Lipinski definition) is 8. The molecule has 3 rings (SSSR count). The van der Waals surface area contributed by atoms with Crippen LogP contribution in [0, 0.1) is 17.7 Å². The van der Waals surface area contributed by atoms with Gasteiger partial charge in [0.15, 0.2) is 0 Å². The zero-order valence-electron chi connectivity index (χ0n) is 28.9. The predicted molar refractivity (Wildman–Crippen MR) is 186 cm³/mol. The number of hydrogen-bond donors (Lipinski definition) is 5. The summed E-state index contributed by atoms with van der Waals surface area (Å²) in [6.07, 6.45) is 10.2. The average Bonchev–Trinajstić information content (AvgIpc) is 3.84. The number of unbranched alkanes of at least 4 members (excludes halogenated alkanes) is 2. The number of aliphatic hydroxyl groups excluding tert-OH is 1. The van der Waals surface area contributed by atoms with Gasteiger partial charge in [-0.2, -0.15) is 0 Å². The number of aliphatic hydroxyl groups is 1. The Labute approximate surface area is 289 Å². The van der Waals surface area contributed by atoms with Crippen LogP contribution in [0.25, 0.3) is 0 Å². The number of amides is 5. The van der Waals surface area contributed by atoms with Crippen LogP contribution in [0.15, 0.2) is 42.0 Å². The number of carbonyl (C=O) groups is 5. The van der Waals surface area contributed by atoms with Gasteiger partial charge in [0.25, 0.3) is 11.8 Å². The molecule has 0 radical (unpaired) electrons. The predicted octanol–water partition coefficient (Wildman–Crippen LogP) is 4.05. The third-order valence-corrected chi connectivity index (χ3v) is 9.87. The molecule has 1 aromatic rings. The molecule has 0 bridgehead atoms. The van der Waals surface area contributed by atoms with Crippen molar-refractivity contribution in [3.8, 4) is 0 Å². The highest BCUT2D eigenvalue weighted by atomic mass is 31.2. The zero-order chi connectivity index (χ0) is 35.9. The Morgan fingerprint density at radius 1 is 1.06 bits per heavy atom. The highest BCUT2D eigenvalue weighted by Gasteiger charge is 2.28. The fourth-order valence-electron chi connectivity index (χ4n) is 4.91. The van der Waals surface area contributed by atoms with Gasteiger partial charge in [-0.1, -0.05) is 38.0 Å². The number of nitrogens with one attached hydrogen (secondary N) is 4. The molecule has 49 heavy (non-hydrogen) atoms. The lowest BCUT2D eigenvalue weighted by Gasteiger charge is -2.24. The molecule has 3 unspecified atom stereocenters. The van der Waals surface area contributed by atoms with E-state index in [1.165, 1.54) is 38.0 Å². The van der Waals surface area contributed by atoms with Crippen molar-refractivity contribution in [1.82, 2.24) is 20.6 Å². The second-order valence-corrected chi connectivity index (χ2v) is 14.7. The van der Waals surface area contributed by atoms with E-state index in [1.54, 1.807) is 26.0 Å². The number of anilines is 1. The van der Waals surface area contributed by atoms with Crippen LogP contribution in [0.5, 0.6) is 0 Å². The molecule has 12 nitrogen and oxygen atoms in total. The van der Waals surface area contributed by atoms with E-state index in [0.29, 0.717) is 37.3 Å². The Morgan fingerprint density at radius 2 is 1.78 bits per heavy atom. The van der Waals surface area contributed by atoms with Crippen LogP contribution in [0.2, 0.25) is 0 Å². The van der Waals surface area contributed by atoms with E-state index in [9.17, 15) is 29.1 Å². The molecule has 270 valence electrons. The van der Waals surface area contributed by atoms with Crippen molar-refractivity contribution < 1.29 is 38.0 Å². The first kappa shape index (κ1) is 39.9. The molecular weight excluding hydrogens is 652 g/mol. The SMILES string of the molecule is C/C(=C\CCP(NCC1CC1)OCc1ccc(NC(=O)C(C)NC(=O)C(NC(=O)CCCCCN2C(=O)C=CC2=O)C(C)C)cc1F)CO. The molecule has 1 aliphatic carbocycles. The van der Waals surface area contributed by atoms with Gasteiger partial charge in [-0.15, -0.1) is 0 Å². The summed E-state index contributed by atoms with van der Waals surface area (Å²) in [5.74, 6) is -2.17. The van der Waals surface area contributed by atoms with E-state index in [4.69, 9.17) is 4.52 Å². The molecule has 0 spiro atoms. The summed E-state index contributed by atoms with van der Waals surface area (Å²) < 4.78 is 21.1. The van der Waals surface area contributed by atoms with Gasteiger partial charge in [-0.05, 0) is 69.9 Å². The van der Waals surface area contributed by atoms with Crippen molar-refractivity contribution in [1.29, 1.82) is 0 Å². The molecular formula is C35H51FN5O7P. The monoisotopic (exact) mass is 703 g/mol. The van der Waals surface area contributed by atoms with Crippen LogP contribution in [-0.4, -0.2) is 77.5 Å². The number of benzene rings is 1. The molecule has 2 aliphatic rings. The van der Waals surface area contributed by atoms with Crippen LogP contribution < -0.4 is 21.0 Å². The maximum atomic E-state index is 15.0. The minimum Gasteiger partial charge on any atom is -0.392 e. The zero-order valence-corrected chi connectivity index (χ0v) is 29.8. The lowest BCUT2D eigenvalue weighted by Crippen LogP contribution is -2.53. The molecule has 5 N–H and O–H groups in total. The second kappa shape index (κ2) is 20.2. The summed E-state index contributed by atoms with van der Waals surface area (Å²) in [5, 5.41) is 20.7. The Hall–Kier alpha value is -3.51. The fraction of sp³-hybridized carbons (Fsp3) is 0.571. The number of halogens is 1. The summed E-state index contributed by atoms with van der Waals surface area (Å²) >= 11 is 0. The topological polar surface area (TPSA) is 166 Å². The third kappa shape index (κ3) is 14.1. The minimum absolute atomic E-state index is 0.0155. The van der Waals surface area contributed by atoms with Crippen LogP contribution in [-0.2, 0) is 35.1 Å². The Balaban J connectivity index is 1.43. The van der Waals surface area contributed by atoms with Crippen molar-refractivity contribution >= 4 is 43.5 Å². The first-order valence-corrected chi connectivity index (χ1v) is 18.4. The van der Waals surface area contributed by atoms with Gasteiger partial charge in [0.05, 0.1) is 13.2 Å². The number of nitrogens with zero attached hydrogens (tertiary/aromatic N) is 1. The smallest absolute Gasteiger partial charge is 0.253 e. The van der Waals surface area contributed by atoms with Gasteiger partial charge in [-0.3, -0.25) is 34.0 Å². The van der Waals surface area contributed by atoms with Crippen molar-refractivity contribution in [2.75, 3.05) is 31.2 Å². The van der Waals surface area contributed by atoms with Crippen molar-refractivity contribution in [2.45, 2.75) is 91.3 Å². The molecule has 1 aromatic carbocycles. The number of rotatable bonds is 22. The average molecular weight is 704 g/mol. The summed E-state index contributed by atoms with van der Waals surface area (Å²) in [7, 11) is -0.992.